The molecule has 0 fully saturated rings. The van der Waals surface area contributed by atoms with Gasteiger partial charge in [-0.05, 0) is 42.8 Å². The first-order valence-electron chi connectivity index (χ1n) is 5.77. The lowest BCUT2D eigenvalue weighted by Crippen LogP contribution is -2.04. The highest BCUT2D eigenvalue weighted by Crippen LogP contribution is 2.54. The van der Waals surface area contributed by atoms with Crippen LogP contribution >= 0.6 is 19.3 Å². The van der Waals surface area contributed by atoms with Crippen LogP contribution < -0.4 is 14.7 Å². The molecule has 1 aliphatic rings. The highest BCUT2D eigenvalue weighted by atomic mass is 35.5. The van der Waals surface area contributed by atoms with Crippen LogP contribution in [0.2, 0.25) is 5.02 Å². The Morgan fingerprint density at radius 1 is 1.11 bits per heavy atom. The van der Waals surface area contributed by atoms with E-state index in [4.69, 9.17) is 16.1 Å². The number of anilines is 2. The molecule has 0 radical (unpaired) electrons. The zero-order valence-electron chi connectivity index (χ0n) is 10.2. The number of halogens is 1. The molecule has 0 aromatic heterocycles. The molecule has 98 valence electrons. The molecule has 2 aromatic rings. The van der Waals surface area contributed by atoms with Crippen LogP contribution in [0.3, 0.4) is 0 Å². The van der Waals surface area contributed by atoms with E-state index >= 15 is 0 Å². The third-order valence-electron chi connectivity index (χ3n) is 2.83. The van der Waals surface area contributed by atoms with Crippen LogP contribution in [0.25, 0.3) is 0 Å². The summed E-state index contributed by atoms with van der Waals surface area (Å²) >= 11 is 5.95. The van der Waals surface area contributed by atoms with Crippen molar-refractivity contribution in [3.63, 3.8) is 0 Å². The second-order valence-corrected chi connectivity index (χ2v) is 6.46. The van der Waals surface area contributed by atoms with E-state index < -0.39 is 7.67 Å². The third kappa shape index (κ3) is 2.42. The average Bonchev–Trinajstić information content (AvgIpc) is 2.69. The lowest BCUT2D eigenvalue weighted by atomic mass is 10.2. The monoisotopic (exact) mass is 294 g/mol. The Kier molecular flexibility index (Phi) is 2.92. The highest BCUT2D eigenvalue weighted by molar-refractivity contribution is 7.63. The van der Waals surface area contributed by atoms with Gasteiger partial charge in [-0.1, -0.05) is 23.7 Å². The smallest absolute Gasteiger partial charge is 0.414 e. The maximum Gasteiger partial charge on any atom is 0.444 e. The van der Waals surface area contributed by atoms with Crippen LogP contribution in [0.4, 0.5) is 11.4 Å². The molecular formula is C13H12ClN2O2P. The summed E-state index contributed by atoms with van der Waals surface area (Å²) in [6.07, 6.45) is 0. The van der Waals surface area contributed by atoms with Crippen LogP contribution in [0, 0.1) is 6.92 Å². The summed E-state index contributed by atoms with van der Waals surface area (Å²) in [4.78, 5) is 0. The maximum absolute atomic E-state index is 12.6. The van der Waals surface area contributed by atoms with E-state index in [1.165, 1.54) is 0 Å². The highest BCUT2D eigenvalue weighted by Gasteiger charge is 2.32. The van der Waals surface area contributed by atoms with Crippen LogP contribution in [-0.4, -0.2) is 0 Å². The van der Waals surface area contributed by atoms with Gasteiger partial charge in [-0.25, -0.2) is 4.57 Å². The van der Waals surface area contributed by atoms with Gasteiger partial charge in [-0.3, -0.25) is 10.2 Å². The van der Waals surface area contributed by atoms with Crippen molar-refractivity contribution in [1.82, 2.24) is 0 Å². The van der Waals surface area contributed by atoms with Crippen molar-refractivity contribution in [3.8, 4) is 5.75 Å². The second-order valence-electron chi connectivity index (χ2n) is 4.32. The molecule has 0 unspecified atom stereocenters. The molecule has 0 aliphatic carbocycles. The molecule has 0 bridgehead atoms. The predicted octanol–water partition coefficient (Wildman–Crippen LogP) is 4.67. The van der Waals surface area contributed by atoms with Gasteiger partial charge in [0.1, 0.15) is 5.75 Å². The van der Waals surface area contributed by atoms with Gasteiger partial charge >= 0.3 is 7.67 Å². The SMILES string of the molecule is Cc1cc(OP2(=O)Nc3ccccc3N2)ccc1Cl. The average molecular weight is 295 g/mol. The lowest BCUT2D eigenvalue weighted by molar-refractivity contribution is 0.494. The molecule has 0 amide bonds. The van der Waals surface area contributed by atoms with Crippen LogP contribution in [0.1, 0.15) is 5.56 Å². The van der Waals surface area contributed by atoms with E-state index in [0.717, 1.165) is 16.9 Å². The van der Waals surface area contributed by atoms with Crippen LogP contribution in [-0.2, 0) is 4.57 Å². The molecule has 2 N–H and O–H groups in total. The minimum absolute atomic E-state index is 0.512. The van der Waals surface area contributed by atoms with Gasteiger partial charge in [-0.2, -0.15) is 0 Å². The molecule has 3 rings (SSSR count). The van der Waals surface area contributed by atoms with Crippen molar-refractivity contribution >= 4 is 30.6 Å². The van der Waals surface area contributed by atoms with Crippen molar-refractivity contribution in [2.24, 2.45) is 0 Å². The van der Waals surface area contributed by atoms with E-state index in [1.54, 1.807) is 18.2 Å². The van der Waals surface area contributed by atoms with E-state index in [-0.39, 0.29) is 0 Å². The van der Waals surface area contributed by atoms with Crippen molar-refractivity contribution in [3.05, 3.63) is 53.1 Å². The number of rotatable bonds is 2. The number of fused-ring (bicyclic) bond motifs is 1. The summed E-state index contributed by atoms with van der Waals surface area (Å²) in [5.74, 6) is 0.512. The summed E-state index contributed by atoms with van der Waals surface area (Å²) in [6, 6.07) is 12.6. The zero-order chi connectivity index (χ0) is 13.5. The van der Waals surface area contributed by atoms with Crippen LogP contribution in [0.5, 0.6) is 5.75 Å². The fourth-order valence-electron chi connectivity index (χ4n) is 1.89. The summed E-state index contributed by atoms with van der Waals surface area (Å²) in [6.45, 7) is 1.87. The van der Waals surface area contributed by atoms with E-state index in [1.807, 2.05) is 31.2 Å². The first-order chi connectivity index (χ1) is 9.06. The standard InChI is InChI=1S/C13H12ClN2O2P/c1-9-8-10(6-7-11(9)14)18-19(17)15-12-4-2-3-5-13(12)16-19/h2-8H,1H3,(H2,15,16,17). The van der Waals surface area contributed by atoms with E-state index in [0.29, 0.717) is 10.8 Å². The Hall–Kier alpha value is -1.64. The minimum atomic E-state index is -3.15. The van der Waals surface area contributed by atoms with Gasteiger partial charge in [0.15, 0.2) is 0 Å². The van der Waals surface area contributed by atoms with E-state index in [2.05, 4.69) is 10.2 Å². The Balaban J connectivity index is 1.85. The maximum atomic E-state index is 12.6. The molecule has 1 heterocycles. The number of hydrogen-bond donors (Lipinski definition) is 2. The number of aryl methyl sites for hydroxylation is 1. The molecule has 4 nitrogen and oxygen atoms in total. The molecule has 1 aliphatic heterocycles. The van der Waals surface area contributed by atoms with Gasteiger partial charge in [0.05, 0.1) is 11.4 Å². The number of benzene rings is 2. The second kappa shape index (κ2) is 4.48. The Labute approximate surface area is 116 Å². The Morgan fingerprint density at radius 3 is 2.32 bits per heavy atom. The summed E-state index contributed by atoms with van der Waals surface area (Å²) < 4.78 is 18.1. The minimum Gasteiger partial charge on any atom is -0.414 e. The molecule has 0 atom stereocenters. The molecule has 6 heteroatoms. The zero-order valence-corrected chi connectivity index (χ0v) is 11.8. The predicted molar refractivity (Wildman–Crippen MR) is 78.1 cm³/mol. The molecular weight excluding hydrogens is 283 g/mol. The quantitative estimate of drug-likeness (QED) is 0.790. The lowest BCUT2D eigenvalue weighted by Gasteiger charge is -2.15. The summed E-state index contributed by atoms with van der Waals surface area (Å²) in [5.41, 5.74) is 2.43. The van der Waals surface area contributed by atoms with E-state index in [9.17, 15) is 4.57 Å². The van der Waals surface area contributed by atoms with Gasteiger partial charge < -0.3 is 4.52 Å². The molecule has 2 aromatic carbocycles. The first kappa shape index (κ1) is 12.4. The normalized spacial score (nSPS) is 15.3. The van der Waals surface area contributed by atoms with Crippen molar-refractivity contribution in [2.75, 3.05) is 10.2 Å². The topological polar surface area (TPSA) is 50.4 Å². The summed E-state index contributed by atoms with van der Waals surface area (Å²) in [5, 5.41) is 6.42. The fourth-order valence-corrected chi connectivity index (χ4v) is 3.59. The number of para-hydroxylation sites is 2. The van der Waals surface area contributed by atoms with Crippen molar-refractivity contribution in [2.45, 2.75) is 6.92 Å². The Bertz CT molecular complexity index is 661. The van der Waals surface area contributed by atoms with Crippen molar-refractivity contribution in [1.29, 1.82) is 0 Å². The Morgan fingerprint density at radius 2 is 1.74 bits per heavy atom. The molecule has 0 saturated carbocycles. The van der Waals surface area contributed by atoms with Gasteiger partial charge in [0, 0.05) is 5.02 Å². The largest absolute Gasteiger partial charge is 0.444 e. The first-order valence-corrected chi connectivity index (χ1v) is 7.77. The number of nitrogens with one attached hydrogen (secondary N) is 2. The fraction of sp³-hybridized carbons (Fsp3) is 0.0769. The van der Waals surface area contributed by atoms with Crippen LogP contribution in [0.15, 0.2) is 42.5 Å². The molecule has 19 heavy (non-hydrogen) atoms. The van der Waals surface area contributed by atoms with Gasteiger partial charge in [0.25, 0.3) is 0 Å². The number of hydrogen-bond acceptors (Lipinski definition) is 2. The summed E-state index contributed by atoms with van der Waals surface area (Å²) in [7, 11) is -3.15. The van der Waals surface area contributed by atoms with Gasteiger partial charge in [-0.15, -0.1) is 0 Å². The van der Waals surface area contributed by atoms with Crippen molar-refractivity contribution < 1.29 is 9.09 Å². The molecule has 0 saturated heterocycles. The molecule has 0 spiro atoms. The third-order valence-corrected chi connectivity index (χ3v) is 4.79. The van der Waals surface area contributed by atoms with Gasteiger partial charge in [0.2, 0.25) is 0 Å².